The van der Waals surface area contributed by atoms with Crippen LogP contribution >= 0.6 is 0 Å². The molecule has 4 rings (SSSR count). The highest BCUT2D eigenvalue weighted by atomic mass is 16.5. The van der Waals surface area contributed by atoms with Crippen LogP contribution < -0.4 is 15.0 Å². The van der Waals surface area contributed by atoms with Gasteiger partial charge < -0.3 is 14.8 Å². The van der Waals surface area contributed by atoms with Gasteiger partial charge in [-0.25, -0.2) is 9.78 Å². The summed E-state index contributed by atoms with van der Waals surface area (Å²) in [5, 5.41) is 2.74. The highest BCUT2D eigenvalue weighted by molar-refractivity contribution is 6.01. The van der Waals surface area contributed by atoms with Gasteiger partial charge in [-0.2, -0.15) is 0 Å². The molecular formula is C25H23N3O5. The monoisotopic (exact) mass is 445 g/mol. The van der Waals surface area contributed by atoms with Crippen molar-refractivity contribution < 1.29 is 23.9 Å². The summed E-state index contributed by atoms with van der Waals surface area (Å²) in [6.45, 7) is 0.293. The maximum absolute atomic E-state index is 13.2. The van der Waals surface area contributed by atoms with Crippen LogP contribution in [-0.2, 0) is 14.3 Å². The molecule has 33 heavy (non-hydrogen) atoms. The van der Waals surface area contributed by atoms with Gasteiger partial charge in [-0.15, -0.1) is 0 Å². The minimum Gasteiger partial charge on any atom is -0.472 e. The van der Waals surface area contributed by atoms with Crippen molar-refractivity contribution in [1.29, 1.82) is 0 Å². The summed E-state index contributed by atoms with van der Waals surface area (Å²) in [6.07, 6.45) is 1.37. The minimum absolute atomic E-state index is 0.151. The SMILES string of the molecule is COC(=O)c1ccccc1NC(=O)CCCN1C(=O)[C@H](c2ccccc2)Oc2cccnc21. The summed E-state index contributed by atoms with van der Waals surface area (Å²) >= 11 is 0. The van der Waals surface area contributed by atoms with Crippen LogP contribution in [-0.4, -0.2) is 36.4 Å². The number of carbonyl (C=O) groups excluding carboxylic acids is 3. The van der Waals surface area contributed by atoms with E-state index in [9.17, 15) is 14.4 Å². The van der Waals surface area contributed by atoms with Crippen LogP contribution in [0.25, 0.3) is 0 Å². The topological polar surface area (TPSA) is 97.8 Å². The lowest BCUT2D eigenvalue weighted by atomic mass is 10.1. The van der Waals surface area contributed by atoms with Crippen molar-refractivity contribution in [2.75, 3.05) is 23.9 Å². The second-order valence-electron chi connectivity index (χ2n) is 7.41. The van der Waals surface area contributed by atoms with Crippen molar-refractivity contribution >= 4 is 29.3 Å². The zero-order valence-corrected chi connectivity index (χ0v) is 18.1. The zero-order chi connectivity index (χ0) is 23.2. The second-order valence-corrected chi connectivity index (χ2v) is 7.41. The molecule has 3 aromatic rings. The molecule has 168 valence electrons. The smallest absolute Gasteiger partial charge is 0.339 e. The van der Waals surface area contributed by atoms with Gasteiger partial charge in [0.1, 0.15) is 0 Å². The van der Waals surface area contributed by atoms with E-state index in [1.807, 2.05) is 30.3 Å². The maximum atomic E-state index is 13.2. The molecule has 0 unspecified atom stereocenters. The number of anilines is 2. The zero-order valence-electron chi connectivity index (χ0n) is 18.1. The molecule has 8 nitrogen and oxygen atoms in total. The van der Waals surface area contributed by atoms with Crippen LogP contribution in [0.1, 0.15) is 34.9 Å². The number of pyridine rings is 1. The van der Waals surface area contributed by atoms with Crippen molar-refractivity contribution in [1.82, 2.24) is 4.98 Å². The van der Waals surface area contributed by atoms with Crippen LogP contribution in [0.4, 0.5) is 11.5 Å². The first-order valence-corrected chi connectivity index (χ1v) is 10.5. The fraction of sp³-hybridized carbons (Fsp3) is 0.200. The molecular weight excluding hydrogens is 422 g/mol. The minimum atomic E-state index is -0.774. The third-order valence-electron chi connectivity index (χ3n) is 5.24. The molecule has 0 aliphatic carbocycles. The van der Waals surface area contributed by atoms with Gasteiger partial charge in [-0.05, 0) is 30.7 Å². The summed E-state index contributed by atoms with van der Waals surface area (Å²) in [5.41, 5.74) is 1.41. The van der Waals surface area contributed by atoms with Gasteiger partial charge in [-0.3, -0.25) is 14.5 Å². The van der Waals surface area contributed by atoms with Gasteiger partial charge in [0.2, 0.25) is 12.0 Å². The third kappa shape index (κ3) is 4.85. The molecule has 0 bridgehead atoms. The van der Waals surface area contributed by atoms with E-state index >= 15 is 0 Å². The Bertz CT molecular complexity index is 1170. The quantitative estimate of drug-likeness (QED) is 0.556. The number of hydrogen-bond acceptors (Lipinski definition) is 6. The van der Waals surface area contributed by atoms with E-state index in [1.165, 1.54) is 7.11 Å². The maximum Gasteiger partial charge on any atom is 0.339 e. The van der Waals surface area contributed by atoms with Gasteiger partial charge >= 0.3 is 5.97 Å². The fourth-order valence-electron chi connectivity index (χ4n) is 3.65. The normalized spacial score (nSPS) is 14.8. The summed E-state index contributed by atoms with van der Waals surface area (Å²) in [5.74, 6) is -0.0789. The van der Waals surface area contributed by atoms with Crippen molar-refractivity contribution in [3.8, 4) is 5.75 Å². The molecule has 0 fully saturated rings. The Morgan fingerprint density at radius 3 is 2.61 bits per heavy atom. The van der Waals surface area contributed by atoms with E-state index in [1.54, 1.807) is 47.5 Å². The number of fused-ring (bicyclic) bond motifs is 1. The molecule has 1 aliphatic heterocycles. The van der Waals surface area contributed by atoms with Gasteiger partial charge in [-0.1, -0.05) is 42.5 Å². The molecule has 2 amide bonds. The van der Waals surface area contributed by atoms with Crippen molar-refractivity contribution in [3.05, 3.63) is 84.1 Å². The number of hydrogen-bond donors (Lipinski definition) is 1. The number of rotatable bonds is 7. The highest BCUT2D eigenvalue weighted by Crippen LogP contribution is 2.37. The average Bonchev–Trinajstić information content (AvgIpc) is 2.85. The molecule has 0 saturated carbocycles. The largest absolute Gasteiger partial charge is 0.472 e. The number of amides is 2. The van der Waals surface area contributed by atoms with E-state index in [0.717, 1.165) is 5.56 Å². The van der Waals surface area contributed by atoms with Gasteiger partial charge in [0.15, 0.2) is 11.6 Å². The van der Waals surface area contributed by atoms with Gasteiger partial charge in [0.25, 0.3) is 5.91 Å². The number of ether oxygens (including phenoxy) is 2. The molecule has 0 saturated heterocycles. The number of aromatic nitrogens is 1. The van der Waals surface area contributed by atoms with Crippen molar-refractivity contribution in [3.63, 3.8) is 0 Å². The molecule has 0 radical (unpaired) electrons. The van der Waals surface area contributed by atoms with Crippen molar-refractivity contribution in [2.45, 2.75) is 18.9 Å². The standard InChI is InChI=1S/C25H23N3O5/c1-32-25(31)18-11-5-6-12-19(18)27-21(29)14-8-16-28-23-20(13-7-15-26-23)33-22(24(28)30)17-9-3-2-4-10-17/h2-7,9-13,15,22H,8,14,16H2,1H3,(H,27,29)/t22-/m0/s1. The number of nitrogens with zero attached hydrogens (tertiary/aromatic N) is 2. The Hall–Kier alpha value is -4.20. The molecule has 2 heterocycles. The number of benzene rings is 2. The van der Waals surface area contributed by atoms with E-state index in [2.05, 4.69) is 10.3 Å². The lowest BCUT2D eigenvalue weighted by molar-refractivity contribution is -0.127. The number of esters is 1. The number of carbonyl (C=O) groups is 3. The first kappa shape index (κ1) is 22.0. The van der Waals surface area contributed by atoms with Crippen LogP contribution in [0.3, 0.4) is 0 Å². The molecule has 1 atom stereocenters. The average molecular weight is 445 g/mol. The lowest BCUT2D eigenvalue weighted by Gasteiger charge is -2.33. The van der Waals surface area contributed by atoms with E-state index < -0.39 is 12.1 Å². The Morgan fingerprint density at radius 1 is 1.06 bits per heavy atom. The molecule has 1 aliphatic rings. The van der Waals surface area contributed by atoms with Crippen LogP contribution in [0.2, 0.25) is 0 Å². The van der Waals surface area contributed by atoms with Crippen molar-refractivity contribution in [2.24, 2.45) is 0 Å². The van der Waals surface area contributed by atoms with Gasteiger partial charge in [0.05, 0.1) is 18.4 Å². The molecule has 2 aromatic carbocycles. The number of methoxy groups -OCH3 is 1. The predicted octanol–water partition coefficient (Wildman–Crippen LogP) is 3.75. The Balaban J connectivity index is 1.44. The molecule has 1 N–H and O–H groups in total. The summed E-state index contributed by atoms with van der Waals surface area (Å²) in [4.78, 5) is 43.5. The van der Waals surface area contributed by atoms with Gasteiger partial charge in [0, 0.05) is 24.7 Å². The second kappa shape index (κ2) is 9.95. The van der Waals surface area contributed by atoms with E-state index in [0.29, 0.717) is 30.2 Å². The van der Waals surface area contributed by atoms with E-state index in [-0.39, 0.29) is 23.8 Å². The molecule has 0 spiro atoms. The van der Waals surface area contributed by atoms with Crippen LogP contribution in [0, 0.1) is 0 Å². The molecule has 1 aromatic heterocycles. The Kier molecular flexibility index (Phi) is 6.64. The summed E-state index contributed by atoms with van der Waals surface area (Å²) in [7, 11) is 1.29. The van der Waals surface area contributed by atoms with Crippen LogP contribution in [0.15, 0.2) is 72.9 Å². The lowest BCUT2D eigenvalue weighted by Crippen LogP contribution is -2.42. The summed E-state index contributed by atoms with van der Waals surface area (Å²) in [6, 6.07) is 19.4. The number of para-hydroxylation sites is 1. The number of nitrogens with one attached hydrogen (secondary N) is 1. The first-order chi connectivity index (χ1) is 16.1. The Labute approximate surface area is 191 Å². The third-order valence-corrected chi connectivity index (χ3v) is 5.24. The highest BCUT2D eigenvalue weighted by Gasteiger charge is 2.36. The summed E-state index contributed by atoms with van der Waals surface area (Å²) < 4.78 is 10.7. The first-order valence-electron chi connectivity index (χ1n) is 10.5. The fourth-order valence-corrected chi connectivity index (χ4v) is 3.65. The van der Waals surface area contributed by atoms with E-state index in [4.69, 9.17) is 9.47 Å². The predicted molar refractivity (Wildman–Crippen MR) is 122 cm³/mol. The Morgan fingerprint density at radius 2 is 1.82 bits per heavy atom. The molecule has 8 heteroatoms. The van der Waals surface area contributed by atoms with Crippen LogP contribution in [0.5, 0.6) is 5.75 Å².